The van der Waals surface area contributed by atoms with E-state index < -0.39 is 40.8 Å². The second-order valence-corrected chi connectivity index (χ2v) is 9.44. The van der Waals surface area contributed by atoms with Crippen molar-refractivity contribution in [1.82, 2.24) is 0 Å². The topological polar surface area (TPSA) is 71.1 Å². The van der Waals surface area contributed by atoms with E-state index in [9.17, 15) is 35.9 Å². The lowest BCUT2D eigenvalue weighted by Gasteiger charge is -2.38. The Morgan fingerprint density at radius 1 is 0.511 bits per heavy atom. The van der Waals surface area contributed by atoms with E-state index in [2.05, 4.69) is 0 Å². The maximum Gasteiger partial charge on any atom is 0.411 e. The lowest BCUT2D eigenvalue weighted by molar-refractivity contribution is -0.288. The van der Waals surface area contributed by atoms with E-state index >= 15 is 0 Å². The van der Waals surface area contributed by atoms with Gasteiger partial charge in [-0.05, 0) is 73.5 Å². The van der Waals surface area contributed by atoms with Crippen LogP contribution in [0.15, 0.2) is 97.1 Å². The van der Waals surface area contributed by atoms with Crippen molar-refractivity contribution in [3.8, 4) is 23.0 Å². The minimum atomic E-state index is -5.89. The van der Waals surface area contributed by atoms with Crippen LogP contribution >= 0.6 is 0 Å². The summed E-state index contributed by atoms with van der Waals surface area (Å²) in [5, 5.41) is 0. The summed E-state index contributed by atoms with van der Waals surface area (Å²) < 4.78 is 109. The van der Waals surface area contributed by atoms with Gasteiger partial charge < -0.3 is 18.9 Å². The normalized spacial score (nSPS) is 11.9. The van der Waals surface area contributed by atoms with E-state index in [0.717, 1.165) is 24.3 Å². The van der Waals surface area contributed by atoms with E-state index in [1.54, 1.807) is 38.1 Å². The summed E-state index contributed by atoms with van der Waals surface area (Å²) in [5.74, 6) is -1.55. The third kappa shape index (κ3) is 6.74. The lowest BCUT2D eigenvalue weighted by Crippen LogP contribution is -2.54. The highest BCUT2D eigenvalue weighted by molar-refractivity contribution is 5.92. The maximum atomic E-state index is 14.6. The molecule has 0 saturated carbocycles. The number of carbonyl (C=O) groups excluding carboxylic acids is 2. The van der Waals surface area contributed by atoms with Crippen LogP contribution in [-0.4, -0.2) is 37.5 Å². The molecule has 0 aromatic heterocycles. The zero-order chi connectivity index (χ0) is 32.8. The highest BCUT2D eigenvalue weighted by Gasteiger charge is 2.72. The van der Waals surface area contributed by atoms with Crippen LogP contribution in [0.2, 0.25) is 0 Å². The van der Waals surface area contributed by atoms with Gasteiger partial charge in [-0.15, -0.1) is 0 Å². The van der Waals surface area contributed by atoms with Crippen molar-refractivity contribution in [2.45, 2.75) is 31.6 Å². The quantitative estimate of drug-likeness (QED) is 0.0995. The molecule has 0 bridgehead atoms. The molecule has 0 heterocycles. The van der Waals surface area contributed by atoms with Crippen LogP contribution < -0.4 is 18.9 Å². The molecule has 0 spiro atoms. The maximum absolute atomic E-state index is 14.6. The van der Waals surface area contributed by atoms with Gasteiger partial charge in [0.25, 0.3) is 0 Å². The molecule has 0 fully saturated rings. The summed E-state index contributed by atoms with van der Waals surface area (Å²) in [4.78, 5) is 25.4. The molecule has 0 N–H and O–H groups in total. The molecule has 0 atom stereocenters. The largest absolute Gasteiger partial charge is 0.490 e. The summed E-state index contributed by atoms with van der Waals surface area (Å²) in [7, 11) is 0. The first-order chi connectivity index (χ1) is 21.3. The molecule has 0 unspecified atom stereocenters. The summed E-state index contributed by atoms with van der Waals surface area (Å²) >= 11 is 0. The zero-order valence-corrected chi connectivity index (χ0v) is 23.9. The average molecular weight is 633 g/mol. The van der Waals surface area contributed by atoms with Crippen LogP contribution in [0, 0.1) is 0 Å². The van der Waals surface area contributed by atoms with E-state index in [4.69, 9.17) is 18.9 Å². The van der Waals surface area contributed by atoms with E-state index in [-0.39, 0.29) is 47.3 Å². The number of hydrogen-bond acceptors (Lipinski definition) is 6. The molecule has 0 aliphatic rings. The van der Waals surface area contributed by atoms with Crippen LogP contribution in [-0.2, 0) is 5.41 Å². The Morgan fingerprint density at radius 3 is 1.11 bits per heavy atom. The van der Waals surface area contributed by atoms with Gasteiger partial charge in [0, 0.05) is 0 Å². The Balaban J connectivity index is 1.68. The molecule has 45 heavy (non-hydrogen) atoms. The number of halogens is 6. The fourth-order valence-electron chi connectivity index (χ4n) is 4.63. The summed E-state index contributed by atoms with van der Waals surface area (Å²) in [6.45, 7) is 3.91. The number of rotatable bonds is 10. The molecule has 12 heteroatoms. The first-order valence-corrected chi connectivity index (χ1v) is 13.6. The highest BCUT2D eigenvalue weighted by Crippen LogP contribution is 2.56. The van der Waals surface area contributed by atoms with Crippen molar-refractivity contribution < 1.29 is 54.9 Å². The van der Waals surface area contributed by atoms with Gasteiger partial charge in [-0.1, -0.05) is 48.5 Å². The Kier molecular flexibility index (Phi) is 9.75. The van der Waals surface area contributed by atoms with Crippen molar-refractivity contribution in [3.05, 3.63) is 119 Å². The second kappa shape index (κ2) is 13.3. The van der Waals surface area contributed by atoms with Gasteiger partial charge in [0.2, 0.25) is 5.41 Å². The van der Waals surface area contributed by atoms with E-state index in [1.807, 2.05) is 0 Å². The van der Waals surface area contributed by atoms with Crippen LogP contribution in [0.3, 0.4) is 0 Å². The average Bonchev–Trinajstić information content (AvgIpc) is 2.99. The van der Waals surface area contributed by atoms with Gasteiger partial charge in [-0.25, -0.2) is 9.59 Å². The van der Waals surface area contributed by atoms with Gasteiger partial charge in [0.15, 0.2) is 23.0 Å². The molecule has 4 rings (SSSR count). The molecule has 0 aliphatic carbocycles. The van der Waals surface area contributed by atoms with Crippen LogP contribution in [0.25, 0.3) is 0 Å². The molecule has 0 radical (unpaired) electrons. The fraction of sp³-hybridized carbons (Fsp3) is 0.212. The first-order valence-electron chi connectivity index (χ1n) is 13.6. The van der Waals surface area contributed by atoms with E-state index in [1.165, 1.54) is 24.3 Å². The van der Waals surface area contributed by atoms with Crippen LogP contribution in [0.5, 0.6) is 23.0 Å². The number of para-hydroxylation sites is 4. The minimum absolute atomic E-state index is 0.0216. The van der Waals surface area contributed by atoms with Crippen LogP contribution in [0.1, 0.15) is 45.7 Å². The SMILES string of the molecule is CCOc1ccccc1OC(=O)c1ccc(C(c2ccc(C(=O)Oc3ccccc3OCC)cc2)(C(F)(F)F)C(F)(F)F)cc1. The third-order valence-corrected chi connectivity index (χ3v) is 6.66. The Morgan fingerprint density at radius 2 is 0.822 bits per heavy atom. The summed E-state index contributed by atoms with van der Waals surface area (Å²) in [6, 6.07) is 17.8. The van der Waals surface area contributed by atoms with Crippen molar-refractivity contribution in [2.75, 3.05) is 13.2 Å². The molecule has 4 aromatic rings. The number of ether oxygens (including phenoxy) is 4. The number of esters is 2. The standard InChI is InChI=1S/C33H26F6O6/c1-3-42-25-9-5-7-11-27(25)44-29(40)21-13-17-23(18-14-21)31(32(34,35)36,33(37,38)39)24-19-15-22(16-20-24)30(41)45-28-12-8-6-10-26(28)43-4-2/h5-20H,3-4H2,1-2H3. The van der Waals surface area contributed by atoms with Crippen molar-refractivity contribution in [2.24, 2.45) is 0 Å². The number of carbonyl (C=O) groups is 2. The predicted molar refractivity (Wildman–Crippen MR) is 151 cm³/mol. The number of alkyl halides is 6. The minimum Gasteiger partial charge on any atom is -0.490 e. The second-order valence-electron chi connectivity index (χ2n) is 9.44. The first kappa shape index (κ1) is 32.9. The monoisotopic (exact) mass is 632 g/mol. The molecule has 4 aromatic carbocycles. The Hall–Kier alpha value is -5.00. The third-order valence-electron chi connectivity index (χ3n) is 6.66. The molecular weight excluding hydrogens is 606 g/mol. The predicted octanol–water partition coefficient (Wildman–Crippen LogP) is 8.33. The molecule has 6 nitrogen and oxygen atoms in total. The van der Waals surface area contributed by atoms with Crippen LogP contribution in [0.4, 0.5) is 26.3 Å². The molecular formula is C33H26F6O6. The Bertz CT molecular complexity index is 1510. The fourth-order valence-corrected chi connectivity index (χ4v) is 4.63. The van der Waals surface area contributed by atoms with Gasteiger partial charge in [0.1, 0.15) is 0 Å². The highest BCUT2D eigenvalue weighted by atomic mass is 19.4. The lowest BCUT2D eigenvalue weighted by atomic mass is 9.72. The Labute approximate surface area is 254 Å². The smallest absolute Gasteiger partial charge is 0.411 e. The molecule has 236 valence electrons. The van der Waals surface area contributed by atoms with Crippen molar-refractivity contribution in [1.29, 1.82) is 0 Å². The number of benzene rings is 4. The summed E-state index contributed by atoms with van der Waals surface area (Å²) in [6.07, 6.45) is -11.8. The molecule has 0 amide bonds. The molecule has 0 saturated heterocycles. The zero-order valence-electron chi connectivity index (χ0n) is 23.9. The van der Waals surface area contributed by atoms with Gasteiger partial charge in [-0.3, -0.25) is 0 Å². The van der Waals surface area contributed by atoms with Gasteiger partial charge in [-0.2, -0.15) is 26.3 Å². The van der Waals surface area contributed by atoms with Gasteiger partial charge in [0.05, 0.1) is 24.3 Å². The van der Waals surface area contributed by atoms with Gasteiger partial charge >= 0.3 is 24.3 Å². The van der Waals surface area contributed by atoms with Crippen molar-refractivity contribution in [3.63, 3.8) is 0 Å². The number of hydrogen-bond donors (Lipinski definition) is 0. The molecule has 0 aliphatic heterocycles. The van der Waals surface area contributed by atoms with E-state index in [0.29, 0.717) is 24.3 Å². The van der Waals surface area contributed by atoms with Crippen molar-refractivity contribution >= 4 is 11.9 Å². The summed E-state index contributed by atoms with van der Waals surface area (Å²) in [5.41, 5.74) is -7.50.